The Labute approximate surface area is 165 Å². The molecule has 5 aromatic rings. The fourth-order valence-electron chi connectivity index (χ4n) is 3.36. The van der Waals surface area contributed by atoms with Crippen molar-refractivity contribution in [2.45, 2.75) is 6.92 Å². The molecule has 3 aromatic carbocycles. The van der Waals surface area contributed by atoms with Crippen LogP contribution in [0.1, 0.15) is 16.1 Å². The first kappa shape index (κ1) is 16.7. The van der Waals surface area contributed by atoms with Crippen molar-refractivity contribution in [1.82, 2.24) is 9.97 Å². The zero-order chi connectivity index (χ0) is 19.1. The third-order valence-corrected chi connectivity index (χ3v) is 5.85. The van der Waals surface area contributed by atoms with Crippen LogP contribution in [0.3, 0.4) is 0 Å². The van der Waals surface area contributed by atoms with Gasteiger partial charge in [0.2, 0.25) is 0 Å². The molecule has 0 spiro atoms. The van der Waals surface area contributed by atoms with Crippen LogP contribution in [0.25, 0.3) is 31.7 Å². The zero-order valence-electron chi connectivity index (χ0n) is 15.2. The van der Waals surface area contributed by atoms with Gasteiger partial charge in [-0.2, -0.15) is 0 Å². The Morgan fingerprint density at radius 1 is 1.00 bits per heavy atom. The Morgan fingerprint density at radius 2 is 1.82 bits per heavy atom. The summed E-state index contributed by atoms with van der Waals surface area (Å²) in [5.74, 6) is -0.150. The maximum absolute atomic E-state index is 12.6. The number of aromatic amines is 1. The molecule has 0 saturated carbocycles. The van der Waals surface area contributed by atoms with E-state index in [4.69, 9.17) is 4.98 Å². The fourth-order valence-corrected chi connectivity index (χ4v) is 4.42. The molecule has 0 radical (unpaired) electrons. The lowest BCUT2D eigenvalue weighted by molar-refractivity contribution is 0.102. The molecule has 0 atom stereocenters. The van der Waals surface area contributed by atoms with Crippen molar-refractivity contribution in [1.29, 1.82) is 0 Å². The Morgan fingerprint density at radius 3 is 2.64 bits per heavy atom. The predicted molar refractivity (Wildman–Crippen MR) is 116 cm³/mol. The van der Waals surface area contributed by atoms with Gasteiger partial charge in [0.15, 0.2) is 0 Å². The number of aromatic nitrogens is 2. The first-order chi connectivity index (χ1) is 13.7. The molecule has 0 aliphatic rings. The summed E-state index contributed by atoms with van der Waals surface area (Å²) in [5.41, 5.74) is 5.45. The van der Waals surface area contributed by atoms with E-state index in [0.29, 0.717) is 5.69 Å². The summed E-state index contributed by atoms with van der Waals surface area (Å²) in [6, 6.07) is 23.8. The normalized spacial score (nSPS) is 11.2. The molecule has 0 unspecified atom stereocenters. The molecule has 136 valence electrons. The highest BCUT2D eigenvalue weighted by molar-refractivity contribution is 7.21. The van der Waals surface area contributed by atoms with Gasteiger partial charge in [-0.25, -0.2) is 4.98 Å². The molecule has 0 aliphatic heterocycles. The lowest BCUT2D eigenvalue weighted by Gasteiger charge is -2.08. The van der Waals surface area contributed by atoms with Crippen LogP contribution in [0.2, 0.25) is 0 Å². The number of para-hydroxylation sites is 2. The van der Waals surface area contributed by atoms with Crippen LogP contribution in [0, 0.1) is 6.92 Å². The maximum Gasteiger partial charge on any atom is 0.272 e. The van der Waals surface area contributed by atoms with E-state index in [2.05, 4.69) is 16.4 Å². The van der Waals surface area contributed by atoms with Crippen molar-refractivity contribution in [2.75, 3.05) is 5.32 Å². The maximum atomic E-state index is 12.6. The molecule has 2 heterocycles. The molecule has 4 nitrogen and oxygen atoms in total. The van der Waals surface area contributed by atoms with E-state index in [0.717, 1.165) is 38.2 Å². The third kappa shape index (κ3) is 2.96. The number of anilines is 1. The van der Waals surface area contributed by atoms with Crippen molar-refractivity contribution in [3.05, 3.63) is 84.1 Å². The number of thiazole rings is 1. The second-order valence-electron chi connectivity index (χ2n) is 6.74. The molecule has 0 aliphatic carbocycles. The number of benzene rings is 3. The minimum Gasteiger partial charge on any atom is -0.351 e. The minimum absolute atomic E-state index is 0.150. The SMILES string of the molecule is Cc1cc(NC(=O)c2cc3ccccc3[nH]2)ccc1-c1nc2ccccc2s1. The van der Waals surface area contributed by atoms with Gasteiger partial charge in [-0.3, -0.25) is 4.79 Å². The highest BCUT2D eigenvalue weighted by Crippen LogP contribution is 2.33. The molecule has 0 saturated heterocycles. The largest absolute Gasteiger partial charge is 0.351 e. The number of nitrogens with one attached hydrogen (secondary N) is 2. The van der Waals surface area contributed by atoms with Crippen molar-refractivity contribution in [3.8, 4) is 10.6 Å². The van der Waals surface area contributed by atoms with Crippen LogP contribution in [0.4, 0.5) is 5.69 Å². The Kier molecular flexibility index (Phi) is 3.95. The smallest absolute Gasteiger partial charge is 0.272 e. The van der Waals surface area contributed by atoms with Crippen LogP contribution < -0.4 is 5.32 Å². The first-order valence-electron chi connectivity index (χ1n) is 9.03. The van der Waals surface area contributed by atoms with Crippen LogP contribution in [-0.2, 0) is 0 Å². The summed E-state index contributed by atoms with van der Waals surface area (Å²) in [6.45, 7) is 2.04. The third-order valence-electron chi connectivity index (χ3n) is 4.78. The van der Waals surface area contributed by atoms with Gasteiger partial charge in [0.1, 0.15) is 10.7 Å². The summed E-state index contributed by atoms with van der Waals surface area (Å²) in [7, 11) is 0. The van der Waals surface area contributed by atoms with Crippen LogP contribution in [-0.4, -0.2) is 15.9 Å². The fraction of sp³-hybridized carbons (Fsp3) is 0.0435. The van der Waals surface area contributed by atoms with Crippen LogP contribution in [0.5, 0.6) is 0 Å². The number of nitrogens with zero attached hydrogens (tertiary/aromatic N) is 1. The molecular formula is C23H17N3OS. The van der Waals surface area contributed by atoms with E-state index in [1.807, 2.05) is 73.7 Å². The highest BCUT2D eigenvalue weighted by Gasteiger charge is 2.12. The molecular weight excluding hydrogens is 366 g/mol. The molecule has 5 heteroatoms. The molecule has 0 fully saturated rings. The van der Waals surface area contributed by atoms with E-state index in [-0.39, 0.29) is 5.91 Å². The summed E-state index contributed by atoms with van der Waals surface area (Å²) >= 11 is 1.68. The Bertz CT molecular complexity index is 1270. The van der Waals surface area contributed by atoms with Gasteiger partial charge in [0.25, 0.3) is 5.91 Å². The number of rotatable bonds is 3. The van der Waals surface area contributed by atoms with Gasteiger partial charge in [-0.15, -0.1) is 11.3 Å². The monoisotopic (exact) mass is 383 g/mol. The average Bonchev–Trinajstić information content (AvgIpc) is 3.32. The Hall–Kier alpha value is -3.44. The van der Waals surface area contributed by atoms with E-state index in [1.54, 1.807) is 11.3 Å². The van der Waals surface area contributed by atoms with Gasteiger partial charge in [0.05, 0.1) is 10.2 Å². The number of hydrogen-bond acceptors (Lipinski definition) is 3. The van der Waals surface area contributed by atoms with Gasteiger partial charge in [0, 0.05) is 22.2 Å². The molecule has 2 N–H and O–H groups in total. The van der Waals surface area contributed by atoms with Gasteiger partial charge in [-0.1, -0.05) is 30.3 Å². The molecule has 5 rings (SSSR count). The number of H-pyrrole nitrogens is 1. The number of amides is 1. The van der Waals surface area contributed by atoms with E-state index in [1.165, 1.54) is 4.70 Å². The Balaban J connectivity index is 1.42. The topological polar surface area (TPSA) is 57.8 Å². The molecule has 1 amide bonds. The first-order valence-corrected chi connectivity index (χ1v) is 9.85. The second kappa shape index (κ2) is 6.62. The lowest BCUT2D eigenvalue weighted by Crippen LogP contribution is -2.12. The lowest BCUT2D eigenvalue weighted by atomic mass is 10.1. The summed E-state index contributed by atoms with van der Waals surface area (Å²) in [5, 5.41) is 4.99. The highest BCUT2D eigenvalue weighted by atomic mass is 32.1. The summed E-state index contributed by atoms with van der Waals surface area (Å²) in [4.78, 5) is 20.5. The van der Waals surface area contributed by atoms with Crippen molar-refractivity contribution >= 4 is 44.1 Å². The van der Waals surface area contributed by atoms with Crippen LogP contribution >= 0.6 is 11.3 Å². The number of fused-ring (bicyclic) bond motifs is 2. The van der Waals surface area contributed by atoms with E-state index >= 15 is 0 Å². The van der Waals surface area contributed by atoms with Crippen molar-refractivity contribution in [3.63, 3.8) is 0 Å². The van der Waals surface area contributed by atoms with Gasteiger partial charge in [-0.05, 0) is 55.0 Å². The van der Waals surface area contributed by atoms with E-state index in [9.17, 15) is 4.79 Å². The minimum atomic E-state index is -0.150. The quantitative estimate of drug-likeness (QED) is 0.401. The van der Waals surface area contributed by atoms with Crippen molar-refractivity contribution in [2.24, 2.45) is 0 Å². The van der Waals surface area contributed by atoms with Crippen LogP contribution in [0.15, 0.2) is 72.8 Å². The van der Waals surface area contributed by atoms with E-state index < -0.39 is 0 Å². The number of hydrogen-bond donors (Lipinski definition) is 2. The number of carbonyl (C=O) groups is 1. The summed E-state index contributed by atoms with van der Waals surface area (Å²) in [6.07, 6.45) is 0. The zero-order valence-corrected chi connectivity index (χ0v) is 16.0. The summed E-state index contributed by atoms with van der Waals surface area (Å²) < 4.78 is 1.17. The average molecular weight is 383 g/mol. The molecule has 28 heavy (non-hydrogen) atoms. The van der Waals surface area contributed by atoms with Gasteiger partial charge < -0.3 is 10.3 Å². The second-order valence-corrected chi connectivity index (χ2v) is 7.77. The van der Waals surface area contributed by atoms with Gasteiger partial charge >= 0.3 is 0 Å². The standard InChI is InChI=1S/C23H17N3OS/c1-14-12-16(24-22(27)20-13-15-6-2-3-7-18(15)25-20)10-11-17(14)23-26-19-8-4-5-9-21(19)28-23/h2-13,25H,1H3,(H,24,27). The number of aryl methyl sites for hydroxylation is 1. The predicted octanol–water partition coefficient (Wildman–Crippen LogP) is 6.01. The molecule has 2 aromatic heterocycles. The van der Waals surface area contributed by atoms with Crippen molar-refractivity contribution < 1.29 is 4.79 Å². The molecule has 0 bridgehead atoms. The number of carbonyl (C=O) groups excluding carboxylic acids is 1.